The number of carboxylic acids is 1. The Balaban J connectivity index is 1.84. The second-order valence-corrected chi connectivity index (χ2v) is 6.71. The fourth-order valence-corrected chi connectivity index (χ4v) is 2.72. The van der Waals surface area contributed by atoms with E-state index in [1.165, 1.54) is 12.1 Å². The van der Waals surface area contributed by atoms with Crippen LogP contribution in [0.25, 0.3) is 5.69 Å². The van der Waals surface area contributed by atoms with Crippen LogP contribution in [-0.4, -0.2) is 31.9 Å². The van der Waals surface area contributed by atoms with Crippen molar-refractivity contribution in [2.45, 2.75) is 6.54 Å². The number of aromatic hydroxyl groups is 1. The van der Waals surface area contributed by atoms with E-state index < -0.39 is 23.2 Å². The van der Waals surface area contributed by atoms with Crippen molar-refractivity contribution in [1.82, 2.24) is 15.1 Å². The van der Waals surface area contributed by atoms with Gasteiger partial charge in [-0.15, -0.1) is 0 Å². The lowest BCUT2D eigenvalue weighted by molar-refractivity contribution is 0.0696. The molecule has 0 bridgehead atoms. The van der Waals surface area contributed by atoms with E-state index in [0.29, 0.717) is 11.3 Å². The van der Waals surface area contributed by atoms with E-state index in [1.807, 2.05) is 0 Å². The predicted molar refractivity (Wildman–Crippen MR) is 104 cm³/mol. The van der Waals surface area contributed by atoms with E-state index in [2.05, 4.69) is 26.3 Å². The van der Waals surface area contributed by atoms with Crippen LogP contribution in [0.2, 0.25) is 0 Å². The highest BCUT2D eigenvalue weighted by molar-refractivity contribution is 9.10. The molecule has 8 nitrogen and oxygen atoms in total. The van der Waals surface area contributed by atoms with Crippen molar-refractivity contribution in [2.24, 2.45) is 0 Å². The average molecular weight is 444 g/mol. The first-order chi connectivity index (χ1) is 13.3. The van der Waals surface area contributed by atoms with E-state index in [9.17, 15) is 19.5 Å². The van der Waals surface area contributed by atoms with Gasteiger partial charge >= 0.3 is 5.97 Å². The zero-order valence-electron chi connectivity index (χ0n) is 14.3. The molecule has 0 saturated carbocycles. The maximum atomic E-state index is 12.4. The molecule has 1 amide bonds. The van der Waals surface area contributed by atoms with Gasteiger partial charge in [-0.25, -0.2) is 4.79 Å². The third kappa shape index (κ3) is 4.26. The minimum atomic E-state index is -1.07. The number of benzene rings is 2. The summed E-state index contributed by atoms with van der Waals surface area (Å²) in [5.74, 6) is -2.33. The molecule has 3 N–H and O–H groups in total. The summed E-state index contributed by atoms with van der Waals surface area (Å²) in [5, 5.41) is 25.5. The fraction of sp³-hybridized carbons (Fsp3) is 0.0526. The Kier molecular flexibility index (Phi) is 5.55. The molecule has 3 aromatic rings. The van der Waals surface area contributed by atoms with Gasteiger partial charge in [-0.1, -0.05) is 28.1 Å². The van der Waals surface area contributed by atoms with Crippen LogP contribution in [0, 0.1) is 0 Å². The summed E-state index contributed by atoms with van der Waals surface area (Å²) in [6.45, 7) is 0.0263. The quantitative estimate of drug-likeness (QED) is 0.556. The molecule has 0 aliphatic carbocycles. The average Bonchev–Trinajstić information content (AvgIpc) is 2.67. The molecule has 0 fully saturated rings. The first kappa shape index (κ1) is 19.3. The molecule has 0 aliphatic heterocycles. The Bertz CT molecular complexity index is 1110. The summed E-state index contributed by atoms with van der Waals surface area (Å²) in [6.07, 6.45) is 0. The van der Waals surface area contributed by atoms with Crippen LogP contribution in [0.1, 0.15) is 26.4 Å². The van der Waals surface area contributed by atoms with Crippen molar-refractivity contribution in [3.63, 3.8) is 0 Å². The molecule has 0 saturated heterocycles. The van der Waals surface area contributed by atoms with Crippen molar-refractivity contribution in [3.05, 3.63) is 86.2 Å². The number of hydrogen-bond donors (Lipinski definition) is 3. The molecule has 0 radical (unpaired) electrons. The van der Waals surface area contributed by atoms with Gasteiger partial charge in [0.2, 0.25) is 0 Å². The first-order valence-electron chi connectivity index (χ1n) is 8.05. The van der Waals surface area contributed by atoms with Gasteiger partial charge in [-0.2, -0.15) is 9.78 Å². The Morgan fingerprint density at radius 1 is 1.11 bits per heavy atom. The number of carbonyl (C=O) groups excluding carboxylic acids is 1. The summed E-state index contributed by atoms with van der Waals surface area (Å²) < 4.78 is 1.82. The Labute approximate surface area is 167 Å². The van der Waals surface area contributed by atoms with Crippen LogP contribution in [-0.2, 0) is 6.54 Å². The number of rotatable bonds is 5. The zero-order valence-corrected chi connectivity index (χ0v) is 15.9. The van der Waals surface area contributed by atoms with Gasteiger partial charge in [-0.05, 0) is 42.0 Å². The lowest BCUT2D eigenvalue weighted by Gasteiger charge is -2.10. The molecule has 1 aromatic heterocycles. The minimum Gasteiger partial charge on any atom is -0.505 e. The highest BCUT2D eigenvalue weighted by atomic mass is 79.9. The molecule has 3 rings (SSSR count). The third-order valence-corrected chi connectivity index (χ3v) is 4.35. The maximum absolute atomic E-state index is 12.4. The molecular weight excluding hydrogens is 430 g/mol. The summed E-state index contributed by atoms with van der Waals surface area (Å²) >= 11 is 3.29. The van der Waals surface area contributed by atoms with Crippen LogP contribution in [0.4, 0.5) is 0 Å². The van der Waals surface area contributed by atoms with Crippen molar-refractivity contribution < 1.29 is 19.8 Å². The second-order valence-electron chi connectivity index (χ2n) is 5.79. The zero-order chi connectivity index (χ0) is 20.3. The number of nitrogens with zero attached hydrogens (tertiary/aromatic N) is 2. The maximum Gasteiger partial charge on any atom is 0.335 e. The van der Waals surface area contributed by atoms with Crippen molar-refractivity contribution in [1.29, 1.82) is 0 Å². The number of aromatic carboxylic acids is 1. The number of amides is 1. The summed E-state index contributed by atoms with van der Waals surface area (Å²) in [6, 6.07) is 13.7. The minimum absolute atomic E-state index is 0.0263. The van der Waals surface area contributed by atoms with Crippen LogP contribution in [0.3, 0.4) is 0 Å². The van der Waals surface area contributed by atoms with Gasteiger partial charge in [-0.3, -0.25) is 9.59 Å². The predicted octanol–water partition coefficient (Wildman–Crippen LogP) is 2.33. The third-order valence-electron chi connectivity index (χ3n) is 3.82. The van der Waals surface area contributed by atoms with E-state index in [0.717, 1.165) is 15.2 Å². The van der Waals surface area contributed by atoms with Crippen LogP contribution in [0.5, 0.6) is 5.75 Å². The number of carbonyl (C=O) groups is 2. The standard InChI is InChI=1S/C19H14BrN3O5/c20-13-4-6-14(7-5-13)23-16(25)9-15(24)17(22-23)18(26)21-10-11-2-1-3-12(8-11)19(27)28/h1-9,24H,10H2,(H,21,26)(H,27,28). The van der Waals surface area contributed by atoms with Crippen LogP contribution in [0.15, 0.2) is 63.9 Å². The SMILES string of the molecule is O=C(O)c1cccc(CNC(=O)c2nn(-c3ccc(Br)cc3)c(=O)cc2O)c1. The Hall–Kier alpha value is -3.46. The largest absolute Gasteiger partial charge is 0.505 e. The summed E-state index contributed by atoms with van der Waals surface area (Å²) in [7, 11) is 0. The van der Waals surface area contributed by atoms with Gasteiger partial charge in [0.05, 0.1) is 11.3 Å². The molecule has 142 valence electrons. The van der Waals surface area contributed by atoms with Gasteiger partial charge in [0.1, 0.15) is 0 Å². The number of carboxylic acid groups (broad SMARTS) is 1. The van der Waals surface area contributed by atoms with Gasteiger partial charge in [0.25, 0.3) is 11.5 Å². The lowest BCUT2D eigenvalue weighted by atomic mass is 10.1. The molecule has 28 heavy (non-hydrogen) atoms. The number of halogens is 1. The highest BCUT2D eigenvalue weighted by Gasteiger charge is 2.17. The molecule has 1 heterocycles. The van der Waals surface area contributed by atoms with Crippen LogP contribution < -0.4 is 10.9 Å². The molecule has 0 atom stereocenters. The molecule has 9 heteroatoms. The fourth-order valence-electron chi connectivity index (χ4n) is 2.46. The highest BCUT2D eigenvalue weighted by Crippen LogP contribution is 2.15. The normalized spacial score (nSPS) is 10.5. The van der Waals surface area contributed by atoms with Crippen LogP contribution >= 0.6 is 15.9 Å². The smallest absolute Gasteiger partial charge is 0.335 e. The number of hydrogen-bond acceptors (Lipinski definition) is 5. The topological polar surface area (TPSA) is 122 Å². The van der Waals surface area contributed by atoms with E-state index in [-0.39, 0.29) is 17.8 Å². The summed E-state index contributed by atoms with van der Waals surface area (Å²) in [5.41, 5.74) is 0.171. The van der Waals surface area contributed by atoms with E-state index in [1.54, 1.807) is 36.4 Å². The van der Waals surface area contributed by atoms with E-state index >= 15 is 0 Å². The lowest BCUT2D eigenvalue weighted by Crippen LogP contribution is -2.29. The van der Waals surface area contributed by atoms with Gasteiger partial charge in [0, 0.05) is 17.1 Å². The summed E-state index contributed by atoms with van der Waals surface area (Å²) in [4.78, 5) is 35.6. The monoisotopic (exact) mass is 443 g/mol. The first-order valence-corrected chi connectivity index (χ1v) is 8.84. The Morgan fingerprint density at radius 2 is 1.82 bits per heavy atom. The molecule has 0 spiro atoms. The van der Waals surface area contributed by atoms with Crippen molar-refractivity contribution >= 4 is 27.8 Å². The molecule has 2 aromatic carbocycles. The molecular formula is C19H14BrN3O5. The number of aromatic nitrogens is 2. The van der Waals surface area contributed by atoms with Crippen molar-refractivity contribution in [3.8, 4) is 11.4 Å². The molecule has 0 aliphatic rings. The second kappa shape index (κ2) is 8.05. The Morgan fingerprint density at radius 3 is 2.50 bits per heavy atom. The van der Waals surface area contributed by atoms with E-state index in [4.69, 9.17) is 5.11 Å². The molecule has 0 unspecified atom stereocenters. The van der Waals surface area contributed by atoms with Crippen molar-refractivity contribution in [2.75, 3.05) is 0 Å². The van der Waals surface area contributed by atoms with Gasteiger partial charge < -0.3 is 15.5 Å². The van der Waals surface area contributed by atoms with Gasteiger partial charge in [0.15, 0.2) is 11.4 Å². The number of nitrogens with one attached hydrogen (secondary N) is 1.